The number of amides is 1. The second-order valence-corrected chi connectivity index (χ2v) is 9.95. The van der Waals surface area contributed by atoms with Crippen LogP contribution in [0.4, 0.5) is 0 Å². The zero-order valence-corrected chi connectivity index (χ0v) is 20.1. The molecular formula is C27H22Cl2N2OS. The minimum atomic E-state index is -0.174. The van der Waals surface area contributed by atoms with Gasteiger partial charge in [-0.15, -0.1) is 11.3 Å². The molecule has 0 saturated carbocycles. The number of carbonyl (C=O) groups excluding carboxylic acids is 1. The van der Waals surface area contributed by atoms with Crippen molar-refractivity contribution in [2.75, 3.05) is 0 Å². The molecule has 0 unspecified atom stereocenters. The van der Waals surface area contributed by atoms with E-state index in [2.05, 4.69) is 11.5 Å². The monoisotopic (exact) mass is 492 g/mol. The Morgan fingerprint density at radius 1 is 1.00 bits per heavy atom. The third kappa shape index (κ3) is 4.79. The number of thiophene rings is 1. The SMILES string of the molecule is O=C(/C=C/c1cccs1)N1NC2=C(CCC/C2=C\c2ccc(Cl)cc2)[C@H]1c1ccc(Cl)cc1. The predicted octanol–water partition coefficient (Wildman–Crippen LogP) is 7.68. The Morgan fingerprint density at radius 2 is 1.73 bits per heavy atom. The summed E-state index contributed by atoms with van der Waals surface area (Å²) in [5, 5.41) is 5.15. The van der Waals surface area contributed by atoms with E-state index in [9.17, 15) is 4.79 Å². The van der Waals surface area contributed by atoms with Crippen LogP contribution >= 0.6 is 34.5 Å². The summed E-state index contributed by atoms with van der Waals surface area (Å²) in [7, 11) is 0. The van der Waals surface area contributed by atoms with Gasteiger partial charge in [-0.1, -0.05) is 53.5 Å². The zero-order valence-electron chi connectivity index (χ0n) is 17.8. The lowest BCUT2D eigenvalue weighted by Gasteiger charge is -2.26. The minimum absolute atomic E-state index is 0.0800. The van der Waals surface area contributed by atoms with Gasteiger partial charge < -0.3 is 0 Å². The molecule has 33 heavy (non-hydrogen) atoms. The van der Waals surface area contributed by atoms with Crippen molar-refractivity contribution in [1.29, 1.82) is 0 Å². The van der Waals surface area contributed by atoms with Gasteiger partial charge in [-0.3, -0.25) is 10.2 Å². The predicted molar refractivity (Wildman–Crippen MR) is 138 cm³/mol. The topological polar surface area (TPSA) is 32.3 Å². The minimum Gasteiger partial charge on any atom is -0.295 e. The van der Waals surface area contributed by atoms with Crippen LogP contribution in [0.15, 0.2) is 89.0 Å². The first-order valence-corrected chi connectivity index (χ1v) is 12.5. The number of rotatable bonds is 4. The van der Waals surface area contributed by atoms with E-state index in [0.29, 0.717) is 5.02 Å². The van der Waals surface area contributed by atoms with Gasteiger partial charge in [0.15, 0.2) is 0 Å². The zero-order chi connectivity index (χ0) is 22.8. The molecule has 3 aromatic rings. The highest BCUT2D eigenvalue weighted by Crippen LogP contribution is 2.44. The molecule has 2 heterocycles. The third-order valence-corrected chi connectivity index (χ3v) is 7.26. The van der Waals surface area contributed by atoms with Gasteiger partial charge in [-0.25, -0.2) is 5.01 Å². The van der Waals surface area contributed by atoms with Crippen LogP contribution in [-0.2, 0) is 4.79 Å². The Hall–Kier alpha value is -2.79. The molecule has 6 heteroatoms. The fraction of sp³-hybridized carbons (Fsp3) is 0.148. The van der Waals surface area contributed by atoms with Crippen LogP contribution in [0.2, 0.25) is 10.0 Å². The summed E-state index contributed by atoms with van der Waals surface area (Å²) in [4.78, 5) is 14.4. The molecule has 166 valence electrons. The van der Waals surface area contributed by atoms with E-state index in [-0.39, 0.29) is 11.9 Å². The number of nitrogens with one attached hydrogen (secondary N) is 1. The summed E-state index contributed by atoms with van der Waals surface area (Å²) in [6.07, 6.45) is 8.63. The number of hydrogen-bond acceptors (Lipinski definition) is 3. The maximum atomic E-state index is 13.3. The largest absolute Gasteiger partial charge is 0.295 e. The Bertz CT molecular complexity index is 1240. The molecule has 1 amide bonds. The molecule has 1 aromatic heterocycles. The number of allylic oxidation sites excluding steroid dienone is 1. The van der Waals surface area contributed by atoms with Crippen molar-refractivity contribution in [1.82, 2.24) is 10.4 Å². The van der Waals surface area contributed by atoms with Crippen molar-refractivity contribution in [2.24, 2.45) is 0 Å². The molecule has 1 aliphatic heterocycles. The van der Waals surface area contributed by atoms with Gasteiger partial charge in [0.2, 0.25) is 0 Å². The highest BCUT2D eigenvalue weighted by molar-refractivity contribution is 7.10. The van der Waals surface area contributed by atoms with Crippen LogP contribution in [0, 0.1) is 0 Å². The van der Waals surface area contributed by atoms with Crippen LogP contribution in [-0.4, -0.2) is 10.9 Å². The molecule has 3 nitrogen and oxygen atoms in total. The van der Waals surface area contributed by atoms with E-state index < -0.39 is 0 Å². The van der Waals surface area contributed by atoms with E-state index >= 15 is 0 Å². The number of carbonyl (C=O) groups is 1. The summed E-state index contributed by atoms with van der Waals surface area (Å²) in [5.41, 5.74) is 9.08. The fourth-order valence-electron chi connectivity index (χ4n) is 4.39. The first-order chi connectivity index (χ1) is 16.1. The maximum Gasteiger partial charge on any atom is 0.265 e. The number of hydrogen-bond donors (Lipinski definition) is 1. The van der Waals surface area contributed by atoms with Gasteiger partial charge in [0.05, 0.1) is 5.70 Å². The molecule has 1 aliphatic carbocycles. The van der Waals surface area contributed by atoms with Crippen molar-refractivity contribution < 1.29 is 4.79 Å². The Balaban J connectivity index is 1.52. The molecule has 1 N–H and O–H groups in total. The lowest BCUT2D eigenvalue weighted by molar-refractivity contribution is -0.129. The normalized spacial score (nSPS) is 19.3. The van der Waals surface area contributed by atoms with Gasteiger partial charge in [0.1, 0.15) is 6.04 Å². The molecule has 2 aromatic carbocycles. The lowest BCUT2D eigenvalue weighted by Crippen LogP contribution is -2.39. The van der Waals surface area contributed by atoms with E-state index in [1.807, 2.05) is 72.1 Å². The maximum absolute atomic E-state index is 13.3. The first-order valence-electron chi connectivity index (χ1n) is 10.8. The van der Waals surface area contributed by atoms with Crippen LogP contribution in [0.5, 0.6) is 0 Å². The molecular weight excluding hydrogens is 471 g/mol. The van der Waals surface area contributed by atoms with Crippen LogP contribution in [0.3, 0.4) is 0 Å². The molecule has 1 atom stereocenters. The second-order valence-electron chi connectivity index (χ2n) is 8.10. The molecule has 0 fully saturated rings. The quantitative estimate of drug-likeness (QED) is 0.378. The Kier molecular flexibility index (Phi) is 6.41. The van der Waals surface area contributed by atoms with E-state index in [1.54, 1.807) is 22.4 Å². The summed E-state index contributed by atoms with van der Waals surface area (Å²) in [6, 6.07) is 19.4. The van der Waals surface area contributed by atoms with Gasteiger partial charge in [-0.2, -0.15) is 0 Å². The number of nitrogens with zero attached hydrogens (tertiary/aromatic N) is 1. The van der Waals surface area contributed by atoms with Crippen LogP contribution < -0.4 is 5.43 Å². The van der Waals surface area contributed by atoms with Crippen molar-refractivity contribution >= 4 is 52.6 Å². The number of hydrazine groups is 1. The highest BCUT2D eigenvalue weighted by atomic mass is 35.5. The standard InChI is InChI=1S/C27H22Cl2N2OS/c28-21-10-6-18(7-11-21)17-20-3-1-5-24-26(20)30-31(25(32)15-14-23-4-2-16-33-23)27(24)19-8-12-22(29)13-9-19/h2,4,6-17,27,30H,1,3,5H2/b15-14+,20-17+/t27-/m1/s1. The molecule has 5 rings (SSSR count). The number of halogens is 2. The van der Waals surface area contributed by atoms with Crippen molar-refractivity contribution in [3.8, 4) is 0 Å². The number of benzene rings is 2. The molecule has 0 radical (unpaired) electrons. The molecule has 0 saturated heterocycles. The summed E-state index contributed by atoms with van der Waals surface area (Å²) in [5.74, 6) is -0.0800. The second kappa shape index (κ2) is 9.60. The van der Waals surface area contributed by atoms with E-state index in [0.717, 1.165) is 46.0 Å². The van der Waals surface area contributed by atoms with Gasteiger partial charge in [0, 0.05) is 21.0 Å². The average molecular weight is 493 g/mol. The summed E-state index contributed by atoms with van der Waals surface area (Å²) < 4.78 is 0. The van der Waals surface area contributed by atoms with Crippen LogP contribution in [0.1, 0.15) is 41.3 Å². The van der Waals surface area contributed by atoms with Gasteiger partial charge >= 0.3 is 0 Å². The average Bonchev–Trinajstić information content (AvgIpc) is 3.48. The smallest absolute Gasteiger partial charge is 0.265 e. The summed E-state index contributed by atoms with van der Waals surface area (Å²) in [6.45, 7) is 0. The lowest BCUT2D eigenvalue weighted by atomic mass is 9.86. The fourth-order valence-corrected chi connectivity index (χ4v) is 5.26. The summed E-state index contributed by atoms with van der Waals surface area (Å²) >= 11 is 13.8. The molecule has 2 aliphatic rings. The highest BCUT2D eigenvalue weighted by Gasteiger charge is 2.38. The van der Waals surface area contributed by atoms with Gasteiger partial charge in [0.25, 0.3) is 5.91 Å². The van der Waals surface area contributed by atoms with Crippen molar-refractivity contribution in [2.45, 2.75) is 25.3 Å². The van der Waals surface area contributed by atoms with Crippen molar-refractivity contribution in [3.05, 3.63) is 115 Å². The molecule has 0 spiro atoms. The molecule has 0 bridgehead atoms. The first kappa shape index (κ1) is 22.0. The van der Waals surface area contributed by atoms with Gasteiger partial charge in [-0.05, 0) is 89.4 Å². The van der Waals surface area contributed by atoms with E-state index in [1.165, 1.54) is 11.1 Å². The van der Waals surface area contributed by atoms with Crippen LogP contribution in [0.25, 0.3) is 12.2 Å². The van der Waals surface area contributed by atoms with E-state index in [4.69, 9.17) is 23.2 Å². The Labute approximate surface area is 207 Å². The van der Waals surface area contributed by atoms with Crippen molar-refractivity contribution in [3.63, 3.8) is 0 Å². The third-order valence-electron chi connectivity index (χ3n) is 5.92. The Morgan fingerprint density at radius 3 is 2.42 bits per heavy atom.